The van der Waals surface area contributed by atoms with Crippen molar-refractivity contribution in [3.05, 3.63) is 35.4 Å². The lowest BCUT2D eigenvalue weighted by Crippen LogP contribution is -2.50. The Morgan fingerprint density at radius 3 is 2.30 bits per heavy atom. The molecule has 0 fully saturated rings. The number of hydrogen-bond donors (Lipinski definition) is 1. The van der Waals surface area contributed by atoms with Gasteiger partial charge in [0.25, 0.3) is 0 Å². The molecule has 0 unspecified atom stereocenters. The molecule has 0 aliphatic carbocycles. The highest BCUT2D eigenvalue weighted by Gasteiger charge is 2.28. The zero-order chi connectivity index (χ0) is 17.4. The van der Waals surface area contributed by atoms with Crippen LogP contribution in [0.1, 0.15) is 58.1 Å². The summed E-state index contributed by atoms with van der Waals surface area (Å²) in [5.41, 5.74) is 2.22. The molecule has 0 saturated heterocycles. The van der Waals surface area contributed by atoms with Crippen LogP contribution in [-0.2, 0) is 16.1 Å². The van der Waals surface area contributed by atoms with E-state index in [-0.39, 0.29) is 17.9 Å². The van der Waals surface area contributed by atoms with E-state index in [2.05, 4.69) is 5.32 Å². The Bertz CT molecular complexity index is 528. The molecule has 4 heteroatoms. The minimum absolute atomic E-state index is 0.0133. The van der Waals surface area contributed by atoms with Crippen LogP contribution in [-0.4, -0.2) is 28.8 Å². The maximum atomic E-state index is 12.6. The van der Waals surface area contributed by atoms with Gasteiger partial charge in [-0.25, -0.2) is 0 Å². The number of carbonyl (C=O) groups excluding carboxylic acids is 2. The van der Waals surface area contributed by atoms with Gasteiger partial charge in [0.15, 0.2) is 0 Å². The Morgan fingerprint density at radius 2 is 1.78 bits per heavy atom. The molecule has 0 spiro atoms. The molecular weight excluding hydrogens is 288 g/mol. The molecule has 0 bridgehead atoms. The van der Waals surface area contributed by atoms with Gasteiger partial charge in [-0.05, 0) is 37.8 Å². The molecule has 0 radical (unpaired) electrons. The van der Waals surface area contributed by atoms with E-state index >= 15 is 0 Å². The molecule has 1 aromatic rings. The first kappa shape index (κ1) is 19.2. The molecule has 0 saturated carbocycles. The van der Waals surface area contributed by atoms with Crippen molar-refractivity contribution in [2.24, 2.45) is 0 Å². The molecule has 128 valence electrons. The molecule has 23 heavy (non-hydrogen) atoms. The lowest BCUT2D eigenvalue weighted by molar-refractivity contribution is -0.141. The average molecular weight is 318 g/mol. The van der Waals surface area contributed by atoms with E-state index in [1.807, 2.05) is 58.9 Å². The molecule has 2 amide bonds. The zero-order valence-corrected chi connectivity index (χ0v) is 15.1. The molecule has 2 atom stereocenters. The maximum absolute atomic E-state index is 12.6. The Kier molecular flexibility index (Phi) is 7.79. The first-order valence-corrected chi connectivity index (χ1v) is 8.58. The standard InChI is InChI=1S/C19H30N2O2/c1-6-15(5)20-19(23)17(7-2)21(18(22)8-3)13-16-12-10-9-11-14(16)4/h9-12,15,17H,6-8,13H2,1-5H3,(H,20,23)/t15-,17-/m1/s1. The van der Waals surface area contributed by atoms with Gasteiger partial charge in [-0.15, -0.1) is 0 Å². The fraction of sp³-hybridized carbons (Fsp3) is 0.579. The molecule has 0 aliphatic rings. The maximum Gasteiger partial charge on any atom is 0.243 e. The quantitative estimate of drug-likeness (QED) is 0.798. The number of amides is 2. The smallest absolute Gasteiger partial charge is 0.243 e. The monoisotopic (exact) mass is 318 g/mol. The van der Waals surface area contributed by atoms with E-state index in [0.29, 0.717) is 19.4 Å². The predicted octanol–water partition coefficient (Wildman–Crippen LogP) is 3.43. The fourth-order valence-electron chi connectivity index (χ4n) is 2.53. The van der Waals surface area contributed by atoms with Gasteiger partial charge < -0.3 is 10.2 Å². The molecule has 4 nitrogen and oxygen atoms in total. The third-order valence-electron chi connectivity index (χ3n) is 4.29. The van der Waals surface area contributed by atoms with Crippen LogP contribution >= 0.6 is 0 Å². The van der Waals surface area contributed by atoms with E-state index < -0.39 is 6.04 Å². The van der Waals surface area contributed by atoms with Crippen molar-refractivity contribution in [2.45, 2.75) is 72.5 Å². The summed E-state index contributed by atoms with van der Waals surface area (Å²) in [6.07, 6.45) is 1.89. The number of hydrogen-bond acceptors (Lipinski definition) is 2. The summed E-state index contributed by atoms with van der Waals surface area (Å²) in [6.45, 7) is 10.3. The third-order valence-corrected chi connectivity index (χ3v) is 4.29. The largest absolute Gasteiger partial charge is 0.352 e. The van der Waals surface area contributed by atoms with Crippen molar-refractivity contribution in [3.8, 4) is 0 Å². The van der Waals surface area contributed by atoms with Crippen molar-refractivity contribution in [3.63, 3.8) is 0 Å². The molecule has 1 rings (SSSR count). The highest BCUT2D eigenvalue weighted by molar-refractivity contribution is 5.87. The Hall–Kier alpha value is -1.84. The van der Waals surface area contributed by atoms with E-state index in [0.717, 1.165) is 17.5 Å². The van der Waals surface area contributed by atoms with E-state index in [4.69, 9.17) is 0 Å². The van der Waals surface area contributed by atoms with Crippen molar-refractivity contribution in [2.75, 3.05) is 0 Å². The summed E-state index contributed by atoms with van der Waals surface area (Å²) in [4.78, 5) is 26.7. The van der Waals surface area contributed by atoms with Gasteiger partial charge in [0.2, 0.25) is 11.8 Å². The van der Waals surface area contributed by atoms with Crippen molar-refractivity contribution >= 4 is 11.8 Å². The number of nitrogens with one attached hydrogen (secondary N) is 1. The minimum Gasteiger partial charge on any atom is -0.352 e. The second-order valence-electron chi connectivity index (χ2n) is 6.04. The van der Waals surface area contributed by atoms with Gasteiger partial charge in [0, 0.05) is 19.0 Å². The van der Waals surface area contributed by atoms with Gasteiger partial charge in [-0.2, -0.15) is 0 Å². The second-order valence-corrected chi connectivity index (χ2v) is 6.04. The number of aryl methyl sites for hydroxylation is 1. The van der Waals surface area contributed by atoms with Crippen LogP contribution in [0.2, 0.25) is 0 Å². The highest BCUT2D eigenvalue weighted by atomic mass is 16.2. The summed E-state index contributed by atoms with van der Waals surface area (Å²) >= 11 is 0. The molecule has 1 aromatic carbocycles. The third kappa shape index (κ3) is 5.38. The molecule has 0 aliphatic heterocycles. The summed E-state index contributed by atoms with van der Waals surface area (Å²) in [5, 5.41) is 3.01. The van der Waals surface area contributed by atoms with Crippen LogP contribution in [0.25, 0.3) is 0 Å². The SMILES string of the molecule is CCC(=O)N(Cc1ccccc1C)[C@H](CC)C(=O)N[C@H](C)CC. The minimum atomic E-state index is -0.420. The lowest BCUT2D eigenvalue weighted by atomic mass is 10.1. The molecule has 0 heterocycles. The number of rotatable bonds is 8. The predicted molar refractivity (Wildman–Crippen MR) is 94.0 cm³/mol. The number of carbonyl (C=O) groups is 2. The van der Waals surface area contributed by atoms with Crippen LogP contribution in [0.15, 0.2) is 24.3 Å². The Balaban J connectivity index is 3.01. The van der Waals surface area contributed by atoms with Crippen LogP contribution < -0.4 is 5.32 Å². The van der Waals surface area contributed by atoms with Crippen molar-refractivity contribution in [1.82, 2.24) is 10.2 Å². The van der Waals surface area contributed by atoms with Crippen molar-refractivity contribution < 1.29 is 9.59 Å². The van der Waals surface area contributed by atoms with Gasteiger partial charge in [0.1, 0.15) is 6.04 Å². The average Bonchev–Trinajstić information content (AvgIpc) is 2.55. The summed E-state index contributed by atoms with van der Waals surface area (Å²) in [7, 11) is 0. The van der Waals surface area contributed by atoms with Crippen molar-refractivity contribution in [1.29, 1.82) is 0 Å². The summed E-state index contributed by atoms with van der Waals surface area (Å²) in [5.74, 6) is -0.0448. The van der Waals surface area contributed by atoms with E-state index in [1.165, 1.54) is 0 Å². The summed E-state index contributed by atoms with van der Waals surface area (Å²) < 4.78 is 0. The molecular formula is C19H30N2O2. The van der Waals surface area contributed by atoms with Gasteiger partial charge >= 0.3 is 0 Å². The Morgan fingerprint density at radius 1 is 1.13 bits per heavy atom. The number of nitrogens with zero attached hydrogens (tertiary/aromatic N) is 1. The van der Waals surface area contributed by atoms with Crippen LogP contribution in [0.3, 0.4) is 0 Å². The topological polar surface area (TPSA) is 49.4 Å². The van der Waals surface area contributed by atoms with E-state index in [1.54, 1.807) is 4.90 Å². The zero-order valence-electron chi connectivity index (χ0n) is 15.1. The Labute approximate surface area is 140 Å². The van der Waals surface area contributed by atoms with Gasteiger partial charge in [-0.1, -0.05) is 45.0 Å². The summed E-state index contributed by atoms with van der Waals surface area (Å²) in [6, 6.07) is 7.70. The van der Waals surface area contributed by atoms with Gasteiger partial charge in [-0.3, -0.25) is 9.59 Å². The van der Waals surface area contributed by atoms with E-state index in [9.17, 15) is 9.59 Å². The van der Waals surface area contributed by atoms with Crippen LogP contribution in [0.4, 0.5) is 0 Å². The first-order chi connectivity index (χ1) is 10.9. The lowest BCUT2D eigenvalue weighted by Gasteiger charge is -2.31. The van der Waals surface area contributed by atoms with Gasteiger partial charge in [0.05, 0.1) is 0 Å². The normalized spacial score (nSPS) is 13.3. The molecule has 0 aromatic heterocycles. The van der Waals surface area contributed by atoms with Crippen LogP contribution in [0, 0.1) is 6.92 Å². The fourth-order valence-corrected chi connectivity index (χ4v) is 2.53. The molecule has 1 N–H and O–H groups in total. The first-order valence-electron chi connectivity index (χ1n) is 8.58. The second kappa shape index (κ2) is 9.33. The number of benzene rings is 1. The highest BCUT2D eigenvalue weighted by Crippen LogP contribution is 2.16. The van der Waals surface area contributed by atoms with Crippen LogP contribution in [0.5, 0.6) is 0 Å².